The molecule has 0 aliphatic rings. The first-order chi connectivity index (χ1) is 17.7. The molecule has 2 aromatic rings. The molecule has 1 aromatic heterocycles. The highest BCUT2D eigenvalue weighted by Gasteiger charge is 2.16. The molecule has 1 atom stereocenters. The van der Waals surface area contributed by atoms with Crippen LogP contribution in [0.5, 0.6) is 5.88 Å². The molecule has 1 unspecified atom stereocenters. The van der Waals surface area contributed by atoms with Crippen molar-refractivity contribution in [2.45, 2.75) is 84.7 Å². The van der Waals surface area contributed by atoms with Crippen LogP contribution in [0.2, 0.25) is 0 Å². The average molecular weight is 511 g/mol. The van der Waals surface area contributed by atoms with Crippen molar-refractivity contribution in [3.8, 4) is 17.0 Å². The summed E-state index contributed by atoms with van der Waals surface area (Å²) in [5, 5.41) is 6.51. The molecule has 0 spiro atoms. The minimum atomic E-state index is -0.458. The number of rotatable bonds is 14. The largest absolute Gasteiger partial charge is 0.481 e. The number of carbonyl (C=O) groups is 1. The van der Waals surface area contributed by atoms with Crippen LogP contribution in [0.4, 0.5) is 10.5 Å². The average Bonchev–Trinajstić information content (AvgIpc) is 2.86. The molecule has 0 bridgehead atoms. The Morgan fingerprint density at radius 3 is 2.43 bits per heavy atom. The summed E-state index contributed by atoms with van der Waals surface area (Å²) in [5.74, 6) is 1.02. The van der Waals surface area contributed by atoms with Crippen molar-refractivity contribution in [2.24, 2.45) is 4.99 Å². The second kappa shape index (κ2) is 15.2. The monoisotopic (exact) mass is 510 g/mol. The molecule has 7 heteroatoms. The molecule has 0 saturated carbocycles. The number of anilines is 1. The summed E-state index contributed by atoms with van der Waals surface area (Å²) in [6, 6.07) is 8.48. The smallest absolute Gasteiger partial charge is 0.407 e. The fourth-order valence-corrected chi connectivity index (χ4v) is 4.10. The van der Waals surface area contributed by atoms with E-state index in [1.54, 1.807) is 13.3 Å². The quantitative estimate of drug-likeness (QED) is 0.207. The number of hydrogen-bond acceptors (Lipinski definition) is 6. The van der Waals surface area contributed by atoms with Gasteiger partial charge in [0.25, 0.3) is 0 Å². The maximum Gasteiger partial charge on any atom is 0.407 e. The highest BCUT2D eigenvalue weighted by atomic mass is 16.6. The van der Waals surface area contributed by atoms with Crippen molar-refractivity contribution in [3.63, 3.8) is 0 Å². The predicted octanol–water partition coefficient (Wildman–Crippen LogP) is 7.21. The molecule has 7 nitrogen and oxygen atoms in total. The maximum atomic E-state index is 11.7. The van der Waals surface area contributed by atoms with E-state index in [2.05, 4.69) is 46.6 Å². The maximum absolute atomic E-state index is 11.7. The summed E-state index contributed by atoms with van der Waals surface area (Å²) >= 11 is 0. The summed E-state index contributed by atoms with van der Waals surface area (Å²) in [4.78, 5) is 20.3. The first-order valence-electron chi connectivity index (χ1n) is 13.5. The van der Waals surface area contributed by atoms with Crippen molar-refractivity contribution >= 4 is 18.0 Å². The molecule has 37 heavy (non-hydrogen) atoms. The second-order valence-electron chi connectivity index (χ2n) is 10.4. The molecule has 0 aliphatic heterocycles. The number of nitrogens with zero attached hydrogens (tertiary/aromatic N) is 2. The Morgan fingerprint density at radius 1 is 1.08 bits per heavy atom. The van der Waals surface area contributed by atoms with Crippen LogP contribution in [0.25, 0.3) is 11.1 Å². The zero-order valence-corrected chi connectivity index (χ0v) is 23.8. The lowest BCUT2D eigenvalue weighted by Crippen LogP contribution is -2.32. The molecular weight excluding hydrogens is 464 g/mol. The van der Waals surface area contributed by atoms with Crippen molar-refractivity contribution in [3.05, 3.63) is 41.6 Å². The van der Waals surface area contributed by atoms with Gasteiger partial charge in [-0.05, 0) is 74.8 Å². The number of alkyl carbamates (subject to hydrolysis) is 1. The van der Waals surface area contributed by atoms with Crippen molar-refractivity contribution < 1.29 is 14.3 Å². The van der Waals surface area contributed by atoms with Gasteiger partial charge < -0.3 is 20.1 Å². The van der Waals surface area contributed by atoms with Crippen LogP contribution in [0.15, 0.2) is 35.5 Å². The Balaban J connectivity index is 1.97. The van der Waals surface area contributed by atoms with Crippen LogP contribution >= 0.6 is 0 Å². The zero-order valence-electron chi connectivity index (χ0n) is 23.8. The number of aliphatic imine (C=N–C) groups is 1. The third-order valence-electron chi connectivity index (χ3n) is 6.23. The van der Waals surface area contributed by atoms with E-state index >= 15 is 0 Å². The Bertz CT molecular complexity index is 1010. The molecule has 1 amide bonds. The molecule has 0 saturated heterocycles. The van der Waals surface area contributed by atoms with Crippen molar-refractivity contribution in [1.82, 2.24) is 10.3 Å². The topological polar surface area (TPSA) is 84.8 Å². The normalized spacial score (nSPS) is 12.4. The molecular formula is C30H46N4O3. The minimum Gasteiger partial charge on any atom is -0.481 e. The van der Waals surface area contributed by atoms with Crippen LogP contribution in [0, 0.1) is 0 Å². The van der Waals surface area contributed by atoms with E-state index in [1.165, 1.54) is 5.56 Å². The Morgan fingerprint density at radius 2 is 1.78 bits per heavy atom. The van der Waals surface area contributed by atoms with Gasteiger partial charge in [0.15, 0.2) is 0 Å². The van der Waals surface area contributed by atoms with E-state index in [9.17, 15) is 4.79 Å². The Labute approximate surface area is 223 Å². The van der Waals surface area contributed by atoms with E-state index in [4.69, 9.17) is 9.47 Å². The fraction of sp³-hybridized carbons (Fsp3) is 0.567. The number of unbranched alkanes of at least 4 members (excludes halogenated alkanes) is 4. The molecule has 2 rings (SSSR count). The summed E-state index contributed by atoms with van der Waals surface area (Å²) in [5.41, 5.74) is 5.33. The second-order valence-corrected chi connectivity index (χ2v) is 10.4. The molecule has 0 aliphatic carbocycles. The summed E-state index contributed by atoms with van der Waals surface area (Å²) in [6.45, 7) is 11.6. The zero-order chi connectivity index (χ0) is 27.3. The summed E-state index contributed by atoms with van der Waals surface area (Å²) in [6.07, 6.45) is 9.86. The van der Waals surface area contributed by atoms with Crippen LogP contribution in [-0.2, 0) is 4.74 Å². The standard InChI is InChI=1S/C30H46N4O3/c1-8-22(2)25-18-24(23-14-17-33-28(20-23)36-7)19-27(26(25)21-31-6)32-15-12-10-9-11-13-16-34-29(35)37-30(3,4)5/h14,17-22,32H,8-13,15-16H2,1-7H3,(H,34,35)/b31-21-. The molecule has 0 fully saturated rings. The van der Waals surface area contributed by atoms with E-state index in [0.29, 0.717) is 18.3 Å². The van der Waals surface area contributed by atoms with Gasteiger partial charge in [0.1, 0.15) is 5.60 Å². The SMILES string of the molecule is CCC(C)c1cc(-c2ccnc(OC)c2)cc(NCCCCCCCNC(=O)OC(C)(C)C)c1/C=N\C. The number of nitrogens with one attached hydrogen (secondary N) is 2. The van der Waals surface area contributed by atoms with E-state index < -0.39 is 5.60 Å². The van der Waals surface area contributed by atoms with Gasteiger partial charge in [0, 0.05) is 49.9 Å². The molecule has 204 valence electrons. The van der Waals surface area contributed by atoms with Gasteiger partial charge in [-0.1, -0.05) is 39.2 Å². The van der Waals surface area contributed by atoms with Gasteiger partial charge in [-0.3, -0.25) is 4.99 Å². The molecule has 1 heterocycles. The van der Waals surface area contributed by atoms with Gasteiger partial charge in [0.2, 0.25) is 5.88 Å². The predicted molar refractivity (Wildman–Crippen MR) is 154 cm³/mol. The number of amides is 1. The summed E-state index contributed by atoms with van der Waals surface area (Å²) < 4.78 is 10.6. The number of benzene rings is 1. The fourth-order valence-electron chi connectivity index (χ4n) is 4.10. The first-order valence-corrected chi connectivity index (χ1v) is 13.5. The van der Waals surface area contributed by atoms with E-state index in [1.807, 2.05) is 46.2 Å². The van der Waals surface area contributed by atoms with Crippen molar-refractivity contribution in [2.75, 3.05) is 32.6 Å². The molecule has 2 N–H and O–H groups in total. The van der Waals surface area contributed by atoms with Gasteiger partial charge in [-0.15, -0.1) is 0 Å². The number of ether oxygens (including phenoxy) is 2. The van der Waals surface area contributed by atoms with Gasteiger partial charge in [-0.2, -0.15) is 0 Å². The first kappa shape index (κ1) is 30.1. The summed E-state index contributed by atoms with van der Waals surface area (Å²) in [7, 11) is 3.46. The highest BCUT2D eigenvalue weighted by molar-refractivity contribution is 5.92. The van der Waals surface area contributed by atoms with Crippen LogP contribution < -0.4 is 15.4 Å². The third kappa shape index (κ3) is 10.4. The van der Waals surface area contributed by atoms with E-state index in [0.717, 1.165) is 67.4 Å². The van der Waals surface area contributed by atoms with Crippen molar-refractivity contribution in [1.29, 1.82) is 0 Å². The highest BCUT2D eigenvalue weighted by Crippen LogP contribution is 2.34. The van der Waals surface area contributed by atoms with Gasteiger partial charge >= 0.3 is 6.09 Å². The van der Waals surface area contributed by atoms with Gasteiger partial charge in [0.05, 0.1) is 7.11 Å². The Kier molecular flexibility index (Phi) is 12.4. The van der Waals surface area contributed by atoms with Crippen LogP contribution in [0.3, 0.4) is 0 Å². The lowest BCUT2D eigenvalue weighted by atomic mass is 9.89. The van der Waals surface area contributed by atoms with Crippen LogP contribution in [-0.4, -0.2) is 50.1 Å². The molecule has 0 radical (unpaired) electrons. The lowest BCUT2D eigenvalue weighted by molar-refractivity contribution is 0.0527. The number of carbonyl (C=O) groups excluding carboxylic acids is 1. The number of hydrogen-bond donors (Lipinski definition) is 2. The third-order valence-corrected chi connectivity index (χ3v) is 6.23. The minimum absolute atomic E-state index is 0.340. The molecule has 1 aromatic carbocycles. The Hall–Kier alpha value is -3.09. The van der Waals surface area contributed by atoms with Gasteiger partial charge in [-0.25, -0.2) is 9.78 Å². The lowest BCUT2D eigenvalue weighted by Gasteiger charge is -2.20. The van der Waals surface area contributed by atoms with E-state index in [-0.39, 0.29) is 6.09 Å². The number of aromatic nitrogens is 1. The number of pyridine rings is 1. The van der Waals surface area contributed by atoms with Crippen LogP contribution in [0.1, 0.15) is 90.2 Å². The number of methoxy groups -OCH3 is 1.